The average molecular weight is 190 g/mol. The zero-order valence-corrected chi connectivity index (χ0v) is 7.77. The molecule has 0 amide bonds. The smallest absolute Gasteiger partial charge is 0.163 e. The second-order valence-electron chi connectivity index (χ2n) is 3.14. The number of carbonyl (C=O) groups excluding carboxylic acids is 1. The van der Waals surface area contributed by atoms with Gasteiger partial charge in [0, 0.05) is 6.20 Å². The number of rotatable bonds is 2. The molecular weight excluding hydrogens is 180 g/mol. The molecule has 0 aliphatic rings. The fraction of sp³-hybridized carbons (Fsp3) is 0.200. The molecule has 2 rings (SSSR count). The first-order chi connectivity index (χ1) is 6.72. The van der Waals surface area contributed by atoms with Gasteiger partial charge in [-0.25, -0.2) is 4.52 Å². The highest BCUT2D eigenvalue weighted by atomic mass is 16.3. The van der Waals surface area contributed by atoms with E-state index >= 15 is 0 Å². The molecule has 14 heavy (non-hydrogen) atoms. The SMILES string of the molecule is CC(=O)c1cnn2cc(CO)ccc12. The first-order valence-corrected chi connectivity index (χ1v) is 4.30. The Balaban J connectivity index is 2.65. The Morgan fingerprint density at radius 3 is 3.00 bits per heavy atom. The maximum Gasteiger partial charge on any atom is 0.163 e. The minimum absolute atomic E-state index is 0.00301. The van der Waals surface area contributed by atoms with E-state index in [2.05, 4.69) is 5.10 Å². The van der Waals surface area contributed by atoms with Gasteiger partial charge in [-0.05, 0) is 18.6 Å². The van der Waals surface area contributed by atoms with Crippen LogP contribution in [-0.2, 0) is 6.61 Å². The van der Waals surface area contributed by atoms with Crippen molar-refractivity contribution in [3.63, 3.8) is 0 Å². The summed E-state index contributed by atoms with van der Waals surface area (Å²) in [5.74, 6) is -0.00301. The molecular formula is C10H10N2O2. The zero-order valence-electron chi connectivity index (χ0n) is 7.77. The van der Waals surface area contributed by atoms with Crippen molar-refractivity contribution in [1.82, 2.24) is 9.61 Å². The lowest BCUT2D eigenvalue weighted by molar-refractivity contribution is 0.101. The van der Waals surface area contributed by atoms with Crippen LogP contribution >= 0.6 is 0 Å². The molecule has 1 N–H and O–H groups in total. The molecule has 4 nitrogen and oxygen atoms in total. The second kappa shape index (κ2) is 3.23. The summed E-state index contributed by atoms with van der Waals surface area (Å²) in [6.07, 6.45) is 3.25. The summed E-state index contributed by atoms with van der Waals surface area (Å²) in [5.41, 5.74) is 2.15. The molecule has 0 fully saturated rings. The Kier molecular flexibility index (Phi) is 2.05. The van der Waals surface area contributed by atoms with Gasteiger partial charge in [-0.1, -0.05) is 6.07 Å². The molecule has 72 valence electrons. The summed E-state index contributed by atoms with van der Waals surface area (Å²) in [5, 5.41) is 12.9. The third kappa shape index (κ3) is 1.29. The highest BCUT2D eigenvalue weighted by Gasteiger charge is 2.07. The molecule has 0 saturated heterocycles. The van der Waals surface area contributed by atoms with Crippen LogP contribution in [-0.4, -0.2) is 20.5 Å². The average Bonchev–Trinajstić information content (AvgIpc) is 2.59. The Labute approximate surface area is 80.8 Å². The molecule has 0 saturated carbocycles. The monoisotopic (exact) mass is 190 g/mol. The van der Waals surface area contributed by atoms with Crippen LogP contribution in [0.1, 0.15) is 22.8 Å². The fourth-order valence-electron chi connectivity index (χ4n) is 1.39. The van der Waals surface area contributed by atoms with Gasteiger partial charge in [0.1, 0.15) is 0 Å². The number of aromatic nitrogens is 2. The number of hydrogen-bond acceptors (Lipinski definition) is 3. The van der Waals surface area contributed by atoms with Gasteiger partial charge in [-0.2, -0.15) is 5.10 Å². The molecule has 0 radical (unpaired) electrons. The van der Waals surface area contributed by atoms with Crippen LogP contribution in [0.25, 0.3) is 5.52 Å². The predicted octanol–water partition coefficient (Wildman–Crippen LogP) is 1.03. The van der Waals surface area contributed by atoms with Crippen molar-refractivity contribution in [3.8, 4) is 0 Å². The summed E-state index contributed by atoms with van der Waals surface area (Å²) in [7, 11) is 0. The van der Waals surface area contributed by atoms with E-state index in [0.29, 0.717) is 5.56 Å². The highest BCUT2D eigenvalue weighted by Crippen LogP contribution is 2.12. The Bertz CT molecular complexity index is 488. The Hall–Kier alpha value is -1.68. The summed E-state index contributed by atoms with van der Waals surface area (Å²) in [6.45, 7) is 1.49. The number of pyridine rings is 1. The van der Waals surface area contributed by atoms with Crippen LogP contribution in [0.4, 0.5) is 0 Å². The first-order valence-electron chi connectivity index (χ1n) is 4.30. The number of Topliss-reactive ketones (excluding diaryl/α,β-unsaturated/α-hetero) is 1. The van der Waals surface area contributed by atoms with Crippen molar-refractivity contribution in [2.45, 2.75) is 13.5 Å². The van der Waals surface area contributed by atoms with Crippen molar-refractivity contribution in [1.29, 1.82) is 0 Å². The quantitative estimate of drug-likeness (QED) is 0.719. The van der Waals surface area contributed by atoms with Crippen LogP contribution < -0.4 is 0 Å². The molecule has 0 aliphatic carbocycles. The Morgan fingerprint density at radius 1 is 1.57 bits per heavy atom. The van der Waals surface area contributed by atoms with Crippen LogP contribution in [0.2, 0.25) is 0 Å². The summed E-state index contributed by atoms with van der Waals surface area (Å²) < 4.78 is 1.60. The van der Waals surface area contributed by atoms with Gasteiger partial charge in [0.15, 0.2) is 5.78 Å². The second-order valence-corrected chi connectivity index (χ2v) is 3.14. The van der Waals surface area contributed by atoms with E-state index < -0.39 is 0 Å². The lowest BCUT2D eigenvalue weighted by Gasteiger charge is -1.98. The third-order valence-corrected chi connectivity index (χ3v) is 2.14. The van der Waals surface area contributed by atoms with E-state index in [1.165, 1.54) is 6.92 Å². The highest BCUT2D eigenvalue weighted by molar-refractivity contribution is 6.00. The number of aliphatic hydroxyl groups is 1. The van der Waals surface area contributed by atoms with Crippen molar-refractivity contribution in [3.05, 3.63) is 35.7 Å². The molecule has 0 bridgehead atoms. The fourth-order valence-corrected chi connectivity index (χ4v) is 1.39. The van der Waals surface area contributed by atoms with E-state index in [4.69, 9.17) is 5.11 Å². The molecule has 0 aromatic carbocycles. The largest absolute Gasteiger partial charge is 0.392 e. The molecule has 2 heterocycles. The molecule has 0 spiro atoms. The number of fused-ring (bicyclic) bond motifs is 1. The number of carbonyl (C=O) groups is 1. The van der Waals surface area contributed by atoms with Crippen LogP contribution in [0.15, 0.2) is 24.5 Å². The number of nitrogens with zero attached hydrogens (tertiary/aromatic N) is 2. The van der Waals surface area contributed by atoms with Crippen LogP contribution in [0, 0.1) is 0 Å². The summed E-state index contributed by atoms with van der Waals surface area (Å²) in [4.78, 5) is 11.2. The van der Waals surface area contributed by atoms with E-state index in [1.54, 1.807) is 29.0 Å². The van der Waals surface area contributed by atoms with Crippen LogP contribution in [0.3, 0.4) is 0 Å². The molecule has 0 unspecified atom stereocenters. The standard InChI is InChI=1S/C10H10N2O2/c1-7(14)9-4-11-12-5-8(6-13)2-3-10(9)12/h2-5,13H,6H2,1H3. The van der Waals surface area contributed by atoms with Gasteiger partial charge in [-0.15, -0.1) is 0 Å². The minimum atomic E-state index is -0.0226. The number of hydrogen-bond donors (Lipinski definition) is 1. The summed E-state index contributed by atoms with van der Waals surface area (Å²) >= 11 is 0. The Morgan fingerprint density at radius 2 is 2.36 bits per heavy atom. The van der Waals surface area contributed by atoms with E-state index in [9.17, 15) is 4.79 Å². The lowest BCUT2D eigenvalue weighted by atomic mass is 10.2. The van der Waals surface area contributed by atoms with Gasteiger partial charge in [0.2, 0.25) is 0 Å². The van der Waals surface area contributed by atoms with Crippen molar-refractivity contribution in [2.75, 3.05) is 0 Å². The van der Waals surface area contributed by atoms with Crippen molar-refractivity contribution >= 4 is 11.3 Å². The minimum Gasteiger partial charge on any atom is -0.392 e. The maximum atomic E-state index is 11.2. The molecule has 0 atom stereocenters. The van der Waals surface area contributed by atoms with Gasteiger partial charge in [0.05, 0.1) is 23.9 Å². The van der Waals surface area contributed by atoms with E-state index in [1.807, 2.05) is 0 Å². The van der Waals surface area contributed by atoms with E-state index in [0.717, 1.165) is 11.1 Å². The normalized spacial score (nSPS) is 10.7. The van der Waals surface area contributed by atoms with Gasteiger partial charge in [0.25, 0.3) is 0 Å². The van der Waals surface area contributed by atoms with Gasteiger partial charge in [-0.3, -0.25) is 4.79 Å². The first kappa shape index (κ1) is 8.90. The van der Waals surface area contributed by atoms with Crippen LogP contribution in [0.5, 0.6) is 0 Å². The maximum absolute atomic E-state index is 11.2. The van der Waals surface area contributed by atoms with Crippen molar-refractivity contribution in [2.24, 2.45) is 0 Å². The van der Waals surface area contributed by atoms with Crippen molar-refractivity contribution < 1.29 is 9.90 Å². The van der Waals surface area contributed by atoms with Gasteiger partial charge < -0.3 is 5.11 Å². The topological polar surface area (TPSA) is 54.6 Å². The molecule has 2 aromatic heterocycles. The van der Waals surface area contributed by atoms with Gasteiger partial charge >= 0.3 is 0 Å². The summed E-state index contributed by atoms with van der Waals surface area (Å²) in [6, 6.07) is 3.57. The number of aliphatic hydroxyl groups excluding tert-OH is 1. The number of ketones is 1. The molecule has 0 aliphatic heterocycles. The predicted molar refractivity (Wildman–Crippen MR) is 51.1 cm³/mol. The van der Waals surface area contributed by atoms with E-state index in [-0.39, 0.29) is 12.4 Å². The lowest BCUT2D eigenvalue weighted by Crippen LogP contribution is -1.93. The third-order valence-electron chi connectivity index (χ3n) is 2.14. The molecule has 4 heteroatoms. The molecule has 2 aromatic rings. The zero-order chi connectivity index (χ0) is 10.1.